The fraction of sp³-hybridized carbons (Fsp3) is 0.857. The summed E-state index contributed by atoms with van der Waals surface area (Å²) in [5.41, 5.74) is -0.580. The van der Waals surface area contributed by atoms with E-state index in [2.05, 4.69) is 12.6 Å². The van der Waals surface area contributed by atoms with Crippen LogP contribution in [0.1, 0.15) is 27.7 Å². The zero-order valence-corrected chi connectivity index (χ0v) is 8.11. The van der Waals surface area contributed by atoms with E-state index < -0.39 is 16.5 Å². The molecule has 0 spiro atoms. The predicted molar refractivity (Wildman–Crippen MR) is 45.5 cm³/mol. The molecule has 0 radical (unpaired) electrons. The molecule has 66 valence electrons. The molecule has 0 aliphatic heterocycles. The molecule has 0 aromatic heterocycles. The van der Waals surface area contributed by atoms with Crippen LogP contribution in [0.25, 0.3) is 0 Å². The van der Waals surface area contributed by atoms with Crippen LogP contribution < -0.4 is 0 Å². The Morgan fingerprint density at radius 1 is 1.36 bits per heavy atom. The molecule has 0 saturated carbocycles. The van der Waals surface area contributed by atoms with E-state index in [-0.39, 0.29) is 0 Å². The zero-order valence-electron chi connectivity index (χ0n) is 7.21. The van der Waals surface area contributed by atoms with Crippen molar-refractivity contribution in [2.75, 3.05) is 0 Å². The second-order valence-corrected chi connectivity index (χ2v) is 4.39. The van der Waals surface area contributed by atoms with E-state index in [1.807, 2.05) is 0 Å². The summed E-state index contributed by atoms with van der Waals surface area (Å²) < 4.78 is 4.84. The number of hydrogen-bond donors (Lipinski definition) is 2. The zero-order chi connectivity index (χ0) is 9.28. The Balaban J connectivity index is 4.11. The molecule has 0 aromatic rings. The molecule has 1 atom stereocenters. The molecular formula is C7H14O3S. The van der Waals surface area contributed by atoms with Crippen molar-refractivity contribution < 1.29 is 14.6 Å². The van der Waals surface area contributed by atoms with E-state index in [9.17, 15) is 4.79 Å². The van der Waals surface area contributed by atoms with Crippen molar-refractivity contribution in [3.63, 3.8) is 0 Å². The third-order valence-corrected chi connectivity index (χ3v) is 0.968. The predicted octanol–water partition coefficient (Wildman–Crippen LogP) is 0.966. The van der Waals surface area contributed by atoms with Crippen LogP contribution in [0.3, 0.4) is 0 Å². The average molecular weight is 178 g/mol. The van der Waals surface area contributed by atoms with Gasteiger partial charge in [0.1, 0.15) is 5.60 Å². The van der Waals surface area contributed by atoms with E-state index in [0.717, 1.165) is 0 Å². The Bertz CT molecular complexity index is 152. The SMILES string of the molecule is CC(C)(C)OC(=O)C(C)(O)S. The molecule has 4 heteroatoms. The number of ether oxygens (including phenoxy) is 1. The molecule has 0 rings (SSSR count). The summed E-state index contributed by atoms with van der Waals surface area (Å²) >= 11 is 3.64. The van der Waals surface area contributed by atoms with E-state index in [1.165, 1.54) is 6.92 Å². The van der Waals surface area contributed by atoms with Crippen molar-refractivity contribution in [3.05, 3.63) is 0 Å². The highest BCUT2D eigenvalue weighted by molar-refractivity contribution is 7.82. The molecule has 0 aliphatic rings. The van der Waals surface area contributed by atoms with Gasteiger partial charge in [0, 0.05) is 0 Å². The molecule has 1 N–H and O–H groups in total. The Labute approximate surface area is 72.2 Å². The maximum absolute atomic E-state index is 10.9. The second kappa shape index (κ2) is 3.03. The first-order chi connectivity index (χ1) is 4.63. The summed E-state index contributed by atoms with van der Waals surface area (Å²) in [5.74, 6) is -0.728. The van der Waals surface area contributed by atoms with Crippen LogP contribution in [0, 0.1) is 0 Å². The van der Waals surface area contributed by atoms with Gasteiger partial charge in [-0.25, -0.2) is 4.79 Å². The molecule has 3 nitrogen and oxygen atoms in total. The molecule has 0 aromatic carbocycles. The summed E-state index contributed by atoms with van der Waals surface area (Å²) in [4.78, 5) is 9.23. The van der Waals surface area contributed by atoms with Crippen molar-refractivity contribution in [2.24, 2.45) is 0 Å². The minimum atomic E-state index is -1.70. The first-order valence-corrected chi connectivity index (χ1v) is 3.76. The van der Waals surface area contributed by atoms with Gasteiger partial charge in [-0.3, -0.25) is 0 Å². The first-order valence-electron chi connectivity index (χ1n) is 3.31. The van der Waals surface area contributed by atoms with E-state index >= 15 is 0 Å². The van der Waals surface area contributed by atoms with Crippen molar-refractivity contribution in [2.45, 2.75) is 38.2 Å². The number of thiol groups is 1. The minimum absolute atomic E-state index is 0.580. The van der Waals surface area contributed by atoms with Gasteiger partial charge in [-0.15, -0.1) is 12.6 Å². The van der Waals surface area contributed by atoms with Gasteiger partial charge in [0.15, 0.2) is 0 Å². The fourth-order valence-corrected chi connectivity index (χ4v) is 0.420. The number of esters is 1. The monoisotopic (exact) mass is 178 g/mol. The topological polar surface area (TPSA) is 46.5 Å². The van der Waals surface area contributed by atoms with Gasteiger partial charge in [0.25, 0.3) is 0 Å². The maximum atomic E-state index is 10.9. The van der Waals surface area contributed by atoms with Gasteiger partial charge in [-0.2, -0.15) is 0 Å². The van der Waals surface area contributed by atoms with Crippen molar-refractivity contribution in [3.8, 4) is 0 Å². The fourth-order valence-electron chi connectivity index (χ4n) is 0.375. The van der Waals surface area contributed by atoms with Crippen LogP contribution in [0.5, 0.6) is 0 Å². The molecule has 0 aliphatic carbocycles. The summed E-state index contributed by atoms with van der Waals surface area (Å²) in [6, 6.07) is 0. The Morgan fingerprint density at radius 3 is 1.82 bits per heavy atom. The largest absolute Gasteiger partial charge is 0.457 e. The molecule has 0 amide bonds. The number of aliphatic hydroxyl groups is 1. The summed E-state index contributed by atoms with van der Waals surface area (Å²) in [6.07, 6.45) is 0. The van der Waals surface area contributed by atoms with Gasteiger partial charge < -0.3 is 9.84 Å². The highest BCUT2D eigenvalue weighted by Gasteiger charge is 2.30. The van der Waals surface area contributed by atoms with E-state index in [4.69, 9.17) is 9.84 Å². The van der Waals surface area contributed by atoms with Gasteiger partial charge >= 0.3 is 5.97 Å². The molecular weight excluding hydrogens is 164 g/mol. The molecule has 1 unspecified atom stereocenters. The summed E-state index contributed by atoms with van der Waals surface area (Å²) in [5, 5.41) is 9.04. The van der Waals surface area contributed by atoms with Crippen molar-refractivity contribution in [1.82, 2.24) is 0 Å². The Morgan fingerprint density at radius 2 is 1.73 bits per heavy atom. The highest BCUT2D eigenvalue weighted by atomic mass is 32.1. The van der Waals surface area contributed by atoms with Crippen LogP contribution in [0.15, 0.2) is 0 Å². The van der Waals surface area contributed by atoms with E-state index in [1.54, 1.807) is 20.8 Å². The second-order valence-electron chi connectivity index (χ2n) is 3.52. The minimum Gasteiger partial charge on any atom is -0.457 e. The highest BCUT2D eigenvalue weighted by Crippen LogP contribution is 2.16. The number of carbonyl (C=O) groups is 1. The van der Waals surface area contributed by atoms with Crippen LogP contribution in [-0.4, -0.2) is 21.6 Å². The molecule has 0 heterocycles. The van der Waals surface area contributed by atoms with Crippen LogP contribution >= 0.6 is 12.6 Å². The lowest BCUT2D eigenvalue weighted by atomic mass is 10.2. The molecule has 0 bridgehead atoms. The summed E-state index contributed by atoms with van der Waals surface area (Å²) in [7, 11) is 0. The third-order valence-electron chi connectivity index (χ3n) is 0.786. The van der Waals surface area contributed by atoms with Gasteiger partial charge in [0.2, 0.25) is 4.93 Å². The number of rotatable bonds is 1. The van der Waals surface area contributed by atoms with E-state index in [0.29, 0.717) is 0 Å². The third kappa shape index (κ3) is 5.09. The normalized spacial score (nSPS) is 17.3. The average Bonchev–Trinajstić information content (AvgIpc) is 1.56. The molecule has 11 heavy (non-hydrogen) atoms. The van der Waals surface area contributed by atoms with Gasteiger partial charge in [-0.05, 0) is 27.7 Å². The smallest absolute Gasteiger partial charge is 0.348 e. The lowest BCUT2D eigenvalue weighted by Crippen LogP contribution is -2.36. The summed E-state index contributed by atoms with van der Waals surface area (Å²) in [6.45, 7) is 6.45. The standard InChI is InChI=1S/C7H14O3S/c1-6(2,3)10-5(8)7(4,9)11/h9,11H,1-4H3. The van der Waals surface area contributed by atoms with Crippen LogP contribution in [0.2, 0.25) is 0 Å². The van der Waals surface area contributed by atoms with Crippen molar-refractivity contribution >= 4 is 18.6 Å². The lowest BCUT2D eigenvalue weighted by molar-refractivity contribution is -0.166. The van der Waals surface area contributed by atoms with Gasteiger partial charge in [-0.1, -0.05) is 0 Å². The first kappa shape index (κ1) is 10.8. The number of hydrogen-bond acceptors (Lipinski definition) is 4. The molecule has 0 fully saturated rings. The van der Waals surface area contributed by atoms with Gasteiger partial charge in [0.05, 0.1) is 0 Å². The van der Waals surface area contributed by atoms with Crippen molar-refractivity contribution in [1.29, 1.82) is 0 Å². The lowest BCUT2D eigenvalue weighted by Gasteiger charge is -2.24. The maximum Gasteiger partial charge on any atom is 0.348 e. The molecule has 0 saturated heterocycles. The Hall–Kier alpha value is -0.220. The quantitative estimate of drug-likeness (QED) is 0.357. The Kier molecular flexibility index (Phi) is 2.97. The van der Waals surface area contributed by atoms with Crippen LogP contribution in [0.4, 0.5) is 0 Å². The number of carbonyl (C=O) groups excluding carboxylic acids is 1. The van der Waals surface area contributed by atoms with Crippen LogP contribution in [-0.2, 0) is 9.53 Å².